The number of hydrogen-bond acceptors (Lipinski definition) is 5. The van der Waals surface area contributed by atoms with Crippen LogP contribution in [0.4, 0.5) is 10.1 Å². The van der Waals surface area contributed by atoms with Crippen molar-refractivity contribution in [3.05, 3.63) is 111 Å². The van der Waals surface area contributed by atoms with E-state index < -0.39 is 28.6 Å². The van der Waals surface area contributed by atoms with Crippen molar-refractivity contribution in [1.82, 2.24) is 4.90 Å². The first-order valence-electron chi connectivity index (χ1n) is 13.1. The second-order valence-corrected chi connectivity index (χ2v) is 10.4. The zero-order valence-corrected chi connectivity index (χ0v) is 21.3. The minimum absolute atomic E-state index is 0.0112. The second kappa shape index (κ2) is 8.61. The fourth-order valence-electron chi connectivity index (χ4n) is 6.30. The Morgan fingerprint density at radius 2 is 1.82 bits per heavy atom. The van der Waals surface area contributed by atoms with Crippen molar-refractivity contribution in [2.45, 2.75) is 38.0 Å². The van der Waals surface area contributed by atoms with Crippen molar-refractivity contribution >= 4 is 28.5 Å². The molecule has 0 N–H and O–H groups in total. The summed E-state index contributed by atoms with van der Waals surface area (Å²) in [5.41, 5.74) is 0.319. The molecule has 3 aliphatic heterocycles. The lowest BCUT2D eigenvalue weighted by molar-refractivity contribution is -0.126. The topological polar surface area (TPSA) is 80.1 Å². The zero-order chi connectivity index (χ0) is 26.9. The smallest absolute Gasteiger partial charge is 0.291 e. The highest BCUT2D eigenvalue weighted by molar-refractivity contribution is 6.17. The molecule has 3 aromatic carbocycles. The number of aryl methyl sites for hydroxylation is 1. The highest BCUT2D eigenvalue weighted by Crippen LogP contribution is 2.53. The molecule has 1 spiro atoms. The van der Waals surface area contributed by atoms with E-state index >= 15 is 0 Å². The first-order chi connectivity index (χ1) is 18.9. The first-order valence-corrected chi connectivity index (χ1v) is 13.1. The van der Waals surface area contributed by atoms with Gasteiger partial charge in [0.25, 0.3) is 11.8 Å². The summed E-state index contributed by atoms with van der Waals surface area (Å²) >= 11 is 0. The fraction of sp³-hybridized carbons (Fsp3) is 0.258. The average Bonchev–Trinajstić information content (AvgIpc) is 3.60. The van der Waals surface area contributed by atoms with Gasteiger partial charge in [0, 0.05) is 24.3 Å². The molecule has 196 valence electrons. The van der Waals surface area contributed by atoms with Gasteiger partial charge < -0.3 is 19.0 Å². The third kappa shape index (κ3) is 3.27. The SMILES string of the molecule is Cc1ccc2oc3c(c(=O)c2c1)[C@]1(C(=O)N(Cc2ccccc2F)c2ccccc21)N(C[C@H]1CCCO1)C3=O. The molecule has 0 unspecified atom stereocenters. The Labute approximate surface area is 223 Å². The molecule has 8 heteroatoms. The Hall–Kier alpha value is -4.30. The number of ether oxygens (including phenoxy) is 1. The molecule has 1 saturated heterocycles. The van der Waals surface area contributed by atoms with Crippen molar-refractivity contribution in [2.75, 3.05) is 18.1 Å². The molecule has 0 saturated carbocycles. The van der Waals surface area contributed by atoms with Crippen molar-refractivity contribution in [2.24, 2.45) is 0 Å². The van der Waals surface area contributed by atoms with E-state index in [1.165, 1.54) is 15.9 Å². The van der Waals surface area contributed by atoms with Gasteiger partial charge in [-0.15, -0.1) is 0 Å². The maximum atomic E-state index is 14.8. The number of hydrogen-bond donors (Lipinski definition) is 0. The number of fused-ring (bicyclic) bond motifs is 5. The monoisotopic (exact) mass is 524 g/mol. The summed E-state index contributed by atoms with van der Waals surface area (Å²) < 4.78 is 26.7. The Morgan fingerprint density at radius 3 is 2.62 bits per heavy atom. The average molecular weight is 525 g/mol. The summed E-state index contributed by atoms with van der Waals surface area (Å²) in [5.74, 6) is -1.60. The van der Waals surface area contributed by atoms with Gasteiger partial charge in [-0.2, -0.15) is 0 Å². The minimum atomic E-state index is -1.75. The maximum Gasteiger partial charge on any atom is 0.291 e. The van der Waals surface area contributed by atoms with E-state index in [-0.39, 0.29) is 36.1 Å². The number of para-hydroxylation sites is 1. The van der Waals surface area contributed by atoms with Gasteiger partial charge in [-0.05, 0) is 44.0 Å². The number of carbonyl (C=O) groups is 2. The molecule has 0 aliphatic carbocycles. The van der Waals surface area contributed by atoms with Crippen LogP contribution >= 0.6 is 0 Å². The summed E-state index contributed by atoms with van der Waals surface area (Å²) in [6, 6.07) is 18.6. The van der Waals surface area contributed by atoms with Gasteiger partial charge in [0.15, 0.2) is 11.0 Å². The Morgan fingerprint density at radius 1 is 1.03 bits per heavy atom. The van der Waals surface area contributed by atoms with E-state index in [1.54, 1.807) is 54.6 Å². The van der Waals surface area contributed by atoms with E-state index in [1.807, 2.05) is 13.0 Å². The standard InChI is InChI=1S/C31H25FN2O5/c1-18-12-13-25-21(15-18)27(35)26-28(39-25)29(36)34(17-20-8-6-14-38-20)31(26)22-9-3-5-11-24(22)33(30(31)37)16-19-7-2-4-10-23(19)32/h2-5,7,9-13,15,20H,6,8,14,16-17H2,1H3/t20-,31-/m1/s1. The minimum Gasteiger partial charge on any atom is -0.450 e. The van der Waals surface area contributed by atoms with Crippen molar-refractivity contribution < 1.29 is 23.1 Å². The molecule has 1 aromatic heterocycles. The van der Waals surface area contributed by atoms with Gasteiger partial charge in [-0.3, -0.25) is 14.4 Å². The van der Waals surface area contributed by atoms with Crippen LogP contribution in [0.1, 0.15) is 45.7 Å². The van der Waals surface area contributed by atoms with E-state index in [4.69, 9.17) is 9.15 Å². The number of amides is 2. The van der Waals surface area contributed by atoms with Crippen LogP contribution in [0, 0.1) is 12.7 Å². The van der Waals surface area contributed by atoms with Crippen LogP contribution in [0.5, 0.6) is 0 Å². The Kier molecular flexibility index (Phi) is 5.25. The number of benzene rings is 3. The van der Waals surface area contributed by atoms with Gasteiger partial charge >= 0.3 is 0 Å². The molecule has 3 aliphatic rings. The largest absolute Gasteiger partial charge is 0.450 e. The summed E-state index contributed by atoms with van der Waals surface area (Å²) in [6.45, 7) is 2.49. The highest BCUT2D eigenvalue weighted by atomic mass is 19.1. The number of nitrogens with zero attached hydrogens (tertiary/aromatic N) is 2. The third-order valence-electron chi connectivity index (χ3n) is 8.09. The van der Waals surface area contributed by atoms with Crippen LogP contribution in [-0.4, -0.2) is 36.0 Å². The molecule has 2 atom stereocenters. The van der Waals surface area contributed by atoms with Crippen molar-refractivity contribution in [3.8, 4) is 0 Å². The maximum absolute atomic E-state index is 14.8. The van der Waals surface area contributed by atoms with Crippen LogP contribution in [0.25, 0.3) is 11.0 Å². The second-order valence-electron chi connectivity index (χ2n) is 10.4. The van der Waals surface area contributed by atoms with Crippen LogP contribution in [0.2, 0.25) is 0 Å². The number of anilines is 1. The molecule has 1 fully saturated rings. The van der Waals surface area contributed by atoms with Crippen LogP contribution in [0.15, 0.2) is 75.9 Å². The van der Waals surface area contributed by atoms with E-state index in [0.717, 1.165) is 18.4 Å². The lowest BCUT2D eigenvalue weighted by Crippen LogP contribution is -2.55. The highest BCUT2D eigenvalue weighted by Gasteiger charge is 2.65. The summed E-state index contributed by atoms with van der Waals surface area (Å²) in [4.78, 5) is 46.0. The predicted molar refractivity (Wildman–Crippen MR) is 142 cm³/mol. The molecular weight excluding hydrogens is 499 g/mol. The fourth-order valence-corrected chi connectivity index (χ4v) is 6.30. The van der Waals surface area contributed by atoms with Gasteiger partial charge in [-0.1, -0.05) is 48.0 Å². The summed E-state index contributed by atoms with van der Waals surface area (Å²) in [7, 11) is 0. The van der Waals surface area contributed by atoms with Crippen LogP contribution in [-0.2, 0) is 21.6 Å². The van der Waals surface area contributed by atoms with Gasteiger partial charge in [0.05, 0.1) is 29.3 Å². The van der Waals surface area contributed by atoms with Gasteiger partial charge in [-0.25, -0.2) is 4.39 Å². The predicted octanol–water partition coefficient (Wildman–Crippen LogP) is 4.67. The molecule has 0 bridgehead atoms. The first kappa shape index (κ1) is 23.8. The quantitative estimate of drug-likeness (QED) is 0.388. The normalized spacial score (nSPS) is 21.8. The molecular formula is C31H25FN2O5. The summed E-state index contributed by atoms with van der Waals surface area (Å²) in [5, 5.41) is 0.303. The van der Waals surface area contributed by atoms with Crippen molar-refractivity contribution in [3.63, 3.8) is 0 Å². The molecule has 4 heterocycles. The molecule has 7 nitrogen and oxygen atoms in total. The van der Waals surface area contributed by atoms with Gasteiger partial charge in [0.1, 0.15) is 11.4 Å². The molecule has 4 aromatic rings. The van der Waals surface area contributed by atoms with E-state index in [9.17, 15) is 18.8 Å². The lowest BCUT2D eigenvalue weighted by Gasteiger charge is -2.35. The van der Waals surface area contributed by atoms with E-state index in [0.29, 0.717) is 28.8 Å². The molecule has 39 heavy (non-hydrogen) atoms. The zero-order valence-electron chi connectivity index (χ0n) is 21.3. The lowest BCUT2D eigenvalue weighted by atomic mass is 9.83. The Bertz CT molecular complexity index is 1740. The van der Waals surface area contributed by atoms with E-state index in [2.05, 4.69) is 0 Å². The number of halogens is 1. The van der Waals surface area contributed by atoms with Crippen LogP contribution < -0.4 is 10.3 Å². The van der Waals surface area contributed by atoms with Crippen LogP contribution in [0.3, 0.4) is 0 Å². The molecule has 7 rings (SSSR count). The third-order valence-corrected chi connectivity index (χ3v) is 8.09. The number of rotatable bonds is 4. The molecule has 0 radical (unpaired) electrons. The molecule has 2 amide bonds. The number of carbonyl (C=O) groups excluding carboxylic acids is 2. The van der Waals surface area contributed by atoms with Gasteiger partial charge in [0.2, 0.25) is 5.76 Å². The van der Waals surface area contributed by atoms with Crippen molar-refractivity contribution in [1.29, 1.82) is 0 Å². The Balaban J connectivity index is 1.51. The summed E-state index contributed by atoms with van der Waals surface area (Å²) in [6.07, 6.45) is 1.29.